The van der Waals surface area contributed by atoms with E-state index in [1.807, 2.05) is 79.0 Å². The van der Waals surface area contributed by atoms with Gasteiger partial charge in [-0.15, -0.1) is 0 Å². The molecule has 0 radical (unpaired) electrons. The summed E-state index contributed by atoms with van der Waals surface area (Å²) in [5.41, 5.74) is 7.34. The summed E-state index contributed by atoms with van der Waals surface area (Å²) in [6.45, 7) is 0. The van der Waals surface area contributed by atoms with Crippen LogP contribution in [0.1, 0.15) is 5.56 Å². The predicted octanol–water partition coefficient (Wildman–Crippen LogP) is 5.14. The number of imidazole rings is 1. The average Bonchev–Trinajstić information content (AvgIpc) is 3.48. The van der Waals surface area contributed by atoms with Crippen molar-refractivity contribution in [3.05, 3.63) is 96.8 Å². The van der Waals surface area contributed by atoms with E-state index in [-0.39, 0.29) is 0 Å². The third-order valence-electron chi connectivity index (χ3n) is 5.85. The average molecular weight is 447 g/mol. The summed E-state index contributed by atoms with van der Waals surface area (Å²) in [6, 6.07) is 25.9. The van der Waals surface area contributed by atoms with Crippen LogP contribution in [0.25, 0.3) is 44.6 Å². The Bertz CT molecular complexity index is 1550. The molecule has 3 aromatic carbocycles. The van der Waals surface area contributed by atoms with Crippen molar-refractivity contribution < 1.29 is 5.11 Å². The zero-order chi connectivity index (χ0) is 22.9. The molecule has 0 fully saturated rings. The molecule has 7 nitrogen and oxygen atoms in total. The number of nitrogens with one attached hydrogen (secondary N) is 3. The van der Waals surface area contributed by atoms with Gasteiger partial charge in [-0.3, -0.25) is 10.1 Å². The third kappa shape index (κ3) is 3.89. The molecule has 7 heteroatoms. The minimum atomic E-state index is -0.713. The first-order valence-corrected chi connectivity index (χ1v) is 11.1. The molecule has 0 amide bonds. The first-order valence-electron chi connectivity index (χ1n) is 11.1. The molecule has 34 heavy (non-hydrogen) atoms. The van der Waals surface area contributed by atoms with Crippen molar-refractivity contribution in [3.63, 3.8) is 0 Å². The largest absolute Gasteiger partial charge is 0.373 e. The van der Waals surface area contributed by atoms with E-state index in [0.717, 1.165) is 55.8 Å². The number of H-pyrrole nitrogens is 2. The zero-order valence-corrected chi connectivity index (χ0v) is 18.2. The molecule has 1 unspecified atom stereocenters. The second kappa shape index (κ2) is 8.46. The maximum absolute atomic E-state index is 10.5. The molecule has 6 rings (SSSR count). The Hall–Kier alpha value is -4.49. The van der Waals surface area contributed by atoms with Gasteiger partial charge in [-0.2, -0.15) is 5.10 Å². The quantitative estimate of drug-likeness (QED) is 0.265. The van der Waals surface area contributed by atoms with Crippen LogP contribution in [0.5, 0.6) is 0 Å². The number of aromatic nitrogens is 5. The molecule has 0 aliphatic rings. The standard InChI is InChI=1S/C27H22N6O/c34-25(12-17-6-2-1-3-7-17)29-20-13-19(15-28-16-20)18-10-11-22-21(14-18)26(33-32-22)27-30-23-8-4-5-9-24(23)31-27/h1-11,13-16,25,29,34H,12H2,(H,30,31)(H,32,33). The molecule has 3 heterocycles. The highest BCUT2D eigenvalue weighted by Gasteiger charge is 2.14. The number of aliphatic hydroxyl groups is 1. The lowest BCUT2D eigenvalue weighted by atomic mass is 10.0. The topological polar surface area (TPSA) is 103 Å². The Balaban J connectivity index is 1.30. The lowest BCUT2D eigenvalue weighted by molar-refractivity contribution is 0.204. The molecule has 0 saturated heterocycles. The van der Waals surface area contributed by atoms with Crippen LogP contribution in [0.3, 0.4) is 0 Å². The van der Waals surface area contributed by atoms with Gasteiger partial charge in [-0.25, -0.2) is 4.98 Å². The number of pyridine rings is 1. The second-order valence-corrected chi connectivity index (χ2v) is 8.25. The lowest BCUT2D eigenvalue weighted by Gasteiger charge is -2.15. The summed E-state index contributed by atoms with van der Waals surface area (Å²) >= 11 is 0. The Morgan fingerprint density at radius 2 is 1.71 bits per heavy atom. The summed E-state index contributed by atoms with van der Waals surface area (Å²) in [7, 11) is 0. The third-order valence-corrected chi connectivity index (χ3v) is 5.85. The predicted molar refractivity (Wildman–Crippen MR) is 134 cm³/mol. The van der Waals surface area contributed by atoms with E-state index in [4.69, 9.17) is 4.98 Å². The number of rotatable bonds is 6. The molecule has 0 spiro atoms. The summed E-state index contributed by atoms with van der Waals surface area (Å²) in [5.74, 6) is 0.724. The molecule has 4 N–H and O–H groups in total. The highest BCUT2D eigenvalue weighted by Crippen LogP contribution is 2.31. The van der Waals surface area contributed by atoms with Gasteiger partial charge in [0.25, 0.3) is 0 Å². The van der Waals surface area contributed by atoms with E-state index in [1.165, 1.54) is 0 Å². The highest BCUT2D eigenvalue weighted by atomic mass is 16.3. The van der Waals surface area contributed by atoms with Gasteiger partial charge in [0.15, 0.2) is 5.82 Å². The summed E-state index contributed by atoms with van der Waals surface area (Å²) in [4.78, 5) is 12.4. The van der Waals surface area contributed by atoms with Gasteiger partial charge >= 0.3 is 0 Å². The van der Waals surface area contributed by atoms with E-state index in [1.54, 1.807) is 6.20 Å². The SMILES string of the molecule is OC(Cc1ccccc1)Nc1cncc(-c2ccc3[nH]nc(-c4nc5ccccc5[nH]4)c3c2)c1. The summed E-state index contributed by atoms with van der Waals surface area (Å²) < 4.78 is 0. The van der Waals surface area contributed by atoms with Crippen LogP contribution in [-0.2, 0) is 6.42 Å². The number of hydrogen-bond donors (Lipinski definition) is 4. The Kier molecular flexibility index (Phi) is 5.01. The molecule has 0 saturated carbocycles. The molecular formula is C27H22N6O. The number of para-hydroxylation sites is 2. The van der Waals surface area contributed by atoms with Gasteiger partial charge in [-0.1, -0.05) is 48.5 Å². The van der Waals surface area contributed by atoms with Gasteiger partial charge in [0.1, 0.15) is 11.9 Å². The smallest absolute Gasteiger partial charge is 0.159 e. The lowest BCUT2D eigenvalue weighted by Crippen LogP contribution is -2.21. The molecule has 166 valence electrons. The van der Waals surface area contributed by atoms with Crippen molar-refractivity contribution in [1.82, 2.24) is 25.1 Å². The number of aliphatic hydroxyl groups excluding tert-OH is 1. The summed E-state index contributed by atoms with van der Waals surface area (Å²) in [6.07, 6.45) is 3.33. The Morgan fingerprint density at radius 1 is 0.853 bits per heavy atom. The molecule has 3 aromatic heterocycles. The number of hydrogen-bond acceptors (Lipinski definition) is 5. The van der Waals surface area contributed by atoms with E-state index in [2.05, 4.69) is 31.5 Å². The molecule has 0 aliphatic carbocycles. The van der Waals surface area contributed by atoms with Crippen molar-refractivity contribution in [1.29, 1.82) is 0 Å². The maximum atomic E-state index is 10.5. The van der Waals surface area contributed by atoms with Crippen molar-refractivity contribution in [2.45, 2.75) is 12.6 Å². The zero-order valence-electron chi connectivity index (χ0n) is 18.2. The van der Waals surface area contributed by atoms with Crippen LogP contribution in [0.4, 0.5) is 5.69 Å². The second-order valence-electron chi connectivity index (χ2n) is 8.25. The Morgan fingerprint density at radius 3 is 2.59 bits per heavy atom. The van der Waals surface area contributed by atoms with Crippen molar-refractivity contribution in [2.75, 3.05) is 5.32 Å². The van der Waals surface area contributed by atoms with E-state index >= 15 is 0 Å². The van der Waals surface area contributed by atoms with Gasteiger partial charge in [0, 0.05) is 23.6 Å². The maximum Gasteiger partial charge on any atom is 0.159 e. The van der Waals surface area contributed by atoms with Crippen LogP contribution in [0.15, 0.2) is 91.3 Å². The van der Waals surface area contributed by atoms with Crippen LogP contribution in [-0.4, -0.2) is 36.5 Å². The molecule has 0 bridgehead atoms. The van der Waals surface area contributed by atoms with Crippen molar-refractivity contribution in [2.24, 2.45) is 0 Å². The first-order chi connectivity index (χ1) is 16.7. The van der Waals surface area contributed by atoms with E-state index in [9.17, 15) is 5.11 Å². The van der Waals surface area contributed by atoms with Crippen molar-refractivity contribution >= 4 is 27.6 Å². The fourth-order valence-corrected chi connectivity index (χ4v) is 4.20. The van der Waals surface area contributed by atoms with Gasteiger partial charge in [0.2, 0.25) is 0 Å². The van der Waals surface area contributed by atoms with E-state index < -0.39 is 6.23 Å². The number of aromatic amines is 2. The first kappa shape index (κ1) is 20.1. The Labute approximate surface area is 195 Å². The normalized spacial score (nSPS) is 12.3. The number of nitrogens with zero attached hydrogens (tertiary/aromatic N) is 3. The van der Waals surface area contributed by atoms with E-state index in [0.29, 0.717) is 6.42 Å². The fraction of sp³-hybridized carbons (Fsp3) is 0.0741. The van der Waals surface area contributed by atoms with Crippen LogP contribution < -0.4 is 5.32 Å². The fourth-order valence-electron chi connectivity index (χ4n) is 4.20. The number of anilines is 1. The molecule has 6 aromatic rings. The number of fused-ring (bicyclic) bond motifs is 2. The minimum Gasteiger partial charge on any atom is -0.373 e. The highest BCUT2D eigenvalue weighted by molar-refractivity contribution is 5.95. The van der Waals surface area contributed by atoms with Crippen LogP contribution >= 0.6 is 0 Å². The van der Waals surface area contributed by atoms with Gasteiger partial charge in [-0.05, 0) is 41.5 Å². The van der Waals surface area contributed by atoms with Crippen molar-refractivity contribution in [3.8, 4) is 22.6 Å². The molecular weight excluding hydrogens is 424 g/mol. The molecule has 0 aliphatic heterocycles. The number of benzene rings is 3. The van der Waals surface area contributed by atoms with Crippen LogP contribution in [0, 0.1) is 0 Å². The van der Waals surface area contributed by atoms with Crippen LogP contribution in [0.2, 0.25) is 0 Å². The van der Waals surface area contributed by atoms with Gasteiger partial charge < -0.3 is 15.4 Å². The van der Waals surface area contributed by atoms with Gasteiger partial charge in [0.05, 0.1) is 28.4 Å². The summed E-state index contributed by atoms with van der Waals surface area (Å²) in [5, 5.41) is 22.2. The minimum absolute atomic E-state index is 0.507. The monoisotopic (exact) mass is 446 g/mol. The molecule has 1 atom stereocenters.